The Bertz CT molecular complexity index is 853. The summed E-state index contributed by atoms with van der Waals surface area (Å²) < 4.78 is 17.1. The van der Waals surface area contributed by atoms with Crippen LogP contribution in [0.2, 0.25) is 0 Å². The van der Waals surface area contributed by atoms with Crippen LogP contribution in [0.1, 0.15) is 63.2 Å². The molecule has 3 rings (SSSR count). The molecule has 1 atom stereocenters. The van der Waals surface area contributed by atoms with Crippen LogP contribution >= 0.6 is 18.9 Å². The van der Waals surface area contributed by atoms with E-state index in [1.165, 1.54) is 47.4 Å². The highest BCUT2D eigenvalue weighted by Crippen LogP contribution is 2.37. The van der Waals surface area contributed by atoms with E-state index >= 15 is 0 Å². The molecule has 1 unspecified atom stereocenters. The molecule has 0 bridgehead atoms. The largest absolute Gasteiger partial charge is 0.494 e. The van der Waals surface area contributed by atoms with Crippen LogP contribution in [0.15, 0.2) is 36.4 Å². The summed E-state index contributed by atoms with van der Waals surface area (Å²) in [6, 6.07) is 12.6. The van der Waals surface area contributed by atoms with Gasteiger partial charge in [0.2, 0.25) is 0 Å². The van der Waals surface area contributed by atoms with E-state index < -0.39 is 13.1 Å². The molecule has 1 saturated carbocycles. The van der Waals surface area contributed by atoms with Crippen molar-refractivity contribution in [3.05, 3.63) is 41.3 Å². The van der Waals surface area contributed by atoms with Gasteiger partial charge >= 0.3 is 7.60 Å². The van der Waals surface area contributed by atoms with Crippen LogP contribution in [0, 0.1) is 5.92 Å². The van der Waals surface area contributed by atoms with E-state index in [-0.39, 0.29) is 6.16 Å². The minimum atomic E-state index is -4.00. The number of nitrogens with two attached hydrogens (primary N) is 1. The number of hydrogen-bond acceptors (Lipinski definition) is 4. The Morgan fingerprint density at radius 2 is 1.81 bits per heavy atom. The Hall–Kier alpha value is -1.17. The van der Waals surface area contributed by atoms with Crippen molar-refractivity contribution in [2.75, 3.05) is 12.8 Å². The Morgan fingerprint density at radius 1 is 1.10 bits per heavy atom. The Kier molecular flexibility index (Phi) is 8.77. The third kappa shape index (κ3) is 8.70. The van der Waals surface area contributed by atoms with Gasteiger partial charge in [-0.15, -0.1) is 11.3 Å². The van der Waals surface area contributed by atoms with E-state index in [0.29, 0.717) is 12.8 Å². The van der Waals surface area contributed by atoms with Crippen LogP contribution in [-0.2, 0) is 11.0 Å². The lowest BCUT2D eigenvalue weighted by Gasteiger charge is -2.24. The second-order valence-electron chi connectivity index (χ2n) is 9.22. The maximum Gasteiger partial charge on any atom is 0.325 e. The first kappa shape index (κ1) is 24.5. The summed E-state index contributed by atoms with van der Waals surface area (Å²) in [7, 11) is -4.00. The second kappa shape index (κ2) is 11.1. The van der Waals surface area contributed by atoms with E-state index in [1.54, 1.807) is 11.3 Å². The molecular formula is C24H36NO4PS. The van der Waals surface area contributed by atoms with Crippen LogP contribution < -0.4 is 10.5 Å². The summed E-state index contributed by atoms with van der Waals surface area (Å²) in [6.45, 7) is 2.66. The highest BCUT2D eigenvalue weighted by atomic mass is 32.1. The van der Waals surface area contributed by atoms with Crippen molar-refractivity contribution in [3.63, 3.8) is 0 Å². The maximum absolute atomic E-state index is 11.1. The lowest BCUT2D eigenvalue weighted by atomic mass is 9.87. The monoisotopic (exact) mass is 465 g/mol. The van der Waals surface area contributed by atoms with Crippen molar-refractivity contribution in [3.8, 4) is 16.2 Å². The van der Waals surface area contributed by atoms with E-state index in [1.807, 2.05) is 6.92 Å². The summed E-state index contributed by atoms with van der Waals surface area (Å²) in [5.41, 5.74) is 6.83. The first-order chi connectivity index (χ1) is 14.7. The van der Waals surface area contributed by atoms with Crippen LogP contribution in [-0.4, -0.2) is 28.1 Å². The number of rotatable bonds is 11. The van der Waals surface area contributed by atoms with E-state index in [4.69, 9.17) is 20.3 Å². The van der Waals surface area contributed by atoms with Crippen molar-refractivity contribution < 1.29 is 19.1 Å². The van der Waals surface area contributed by atoms with Gasteiger partial charge in [-0.1, -0.05) is 32.1 Å². The van der Waals surface area contributed by atoms with Crippen molar-refractivity contribution >= 4 is 18.9 Å². The summed E-state index contributed by atoms with van der Waals surface area (Å²) in [4.78, 5) is 20.6. The van der Waals surface area contributed by atoms with Crippen LogP contribution in [0.25, 0.3) is 10.4 Å². The zero-order valence-corrected chi connectivity index (χ0v) is 20.2. The van der Waals surface area contributed by atoms with Crippen LogP contribution in [0.3, 0.4) is 0 Å². The lowest BCUT2D eigenvalue weighted by Crippen LogP contribution is -2.37. The molecule has 172 valence electrons. The van der Waals surface area contributed by atoms with Crippen LogP contribution in [0.4, 0.5) is 0 Å². The van der Waals surface area contributed by atoms with Gasteiger partial charge in [0.1, 0.15) is 5.75 Å². The van der Waals surface area contributed by atoms with Gasteiger partial charge in [0.05, 0.1) is 12.8 Å². The highest BCUT2D eigenvalue weighted by Gasteiger charge is 2.24. The predicted octanol–water partition coefficient (Wildman–Crippen LogP) is 5.98. The molecule has 1 heterocycles. The molecule has 31 heavy (non-hydrogen) atoms. The van der Waals surface area contributed by atoms with Crippen molar-refractivity contribution in [1.82, 2.24) is 0 Å². The van der Waals surface area contributed by atoms with Gasteiger partial charge < -0.3 is 20.3 Å². The molecule has 5 nitrogen and oxygen atoms in total. The van der Waals surface area contributed by atoms with Crippen molar-refractivity contribution in [1.29, 1.82) is 0 Å². The first-order valence-electron chi connectivity index (χ1n) is 11.4. The van der Waals surface area contributed by atoms with Crippen molar-refractivity contribution in [2.45, 2.75) is 70.3 Å². The summed E-state index contributed by atoms with van der Waals surface area (Å²) in [5.74, 6) is 1.77. The third-order valence-corrected chi connectivity index (χ3v) is 8.24. The summed E-state index contributed by atoms with van der Waals surface area (Å²) in [6.07, 6.45) is 9.67. The topological polar surface area (TPSA) is 92.8 Å². The Balaban J connectivity index is 1.46. The smallest absolute Gasteiger partial charge is 0.325 e. The maximum atomic E-state index is 11.1. The lowest BCUT2D eigenvalue weighted by molar-refractivity contribution is 0.246. The van der Waals surface area contributed by atoms with Crippen LogP contribution in [0.5, 0.6) is 5.75 Å². The molecule has 2 aromatic rings. The first-order valence-corrected chi connectivity index (χ1v) is 14.0. The minimum Gasteiger partial charge on any atom is -0.494 e. The fraction of sp³-hybridized carbons (Fsp3) is 0.583. The van der Waals surface area contributed by atoms with Gasteiger partial charge in [-0.25, -0.2) is 0 Å². The fourth-order valence-electron chi connectivity index (χ4n) is 4.14. The zero-order valence-electron chi connectivity index (χ0n) is 18.5. The molecule has 1 fully saturated rings. The number of benzene rings is 1. The van der Waals surface area contributed by atoms with Gasteiger partial charge in [-0.2, -0.15) is 0 Å². The zero-order chi connectivity index (χ0) is 22.3. The van der Waals surface area contributed by atoms with Gasteiger partial charge in [0, 0.05) is 15.3 Å². The standard InChI is InChI=1S/C24H36NO4PS/c1-24(25,16-18-30(26,27)28)15-13-22-11-12-23(31-22)20-7-9-21(10-8-20)29-17-14-19-5-3-2-4-6-19/h7-12,19H,2-6,13-18,25H2,1H3,(H2,26,27,28). The highest BCUT2D eigenvalue weighted by molar-refractivity contribution is 7.51. The Morgan fingerprint density at radius 3 is 2.48 bits per heavy atom. The number of thiophene rings is 1. The Labute approximate surface area is 190 Å². The van der Waals surface area contributed by atoms with E-state index in [2.05, 4.69) is 36.4 Å². The number of ether oxygens (including phenoxy) is 1. The molecule has 1 aliphatic rings. The summed E-state index contributed by atoms with van der Waals surface area (Å²) >= 11 is 1.74. The van der Waals surface area contributed by atoms with E-state index in [9.17, 15) is 4.57 Å². The molecule has 0 saturated heterocycles. The fourth-order valence-corrected chi connectivity index (χ4v) is 5.95. The molecule has 0 spiro atoms. The normalized spacial score (nSPS) is 17.4. The second-order valence-corrected chi connectivity index (χ2v) is 12.2. The average Bonchev–Trinajstić information content (AvgIpc) is 3.21. The van der Waals surface area contributed by atoms with Crippen molar-refractivity contribution in [2.24, 2.45) is 11.7 Å². The molecular weight excluding hydrogens is 429 g/mol. The molecule has 1 aliphatic carbocycles. The van der Waals surface area contributed by atoms with Gasteiger partial charge in [-0.3, -0.25) is 4.57 Å². The SMILES string of the molecule is CC(N)(CCc1ccc(-c2ccc(OCCC3CCCCC3)cc2)s1)CCP(=O)(O)O. The molecule has 0 radical (unpaired) electrons. The minimum absolute atomic E-state index is 0.162. The average molecular weight is 466 g/mol. The van der Waals surface area contributed by atoms with Gasteiger partial charge in [0.15, 0.2) is 0 Å². The predicted molar refractivity (Wildman–Crippen MR) is 129 cm³/mol. The van der Waals surface area contributed by atoms with Gasteiger partial charge in [0.25, 0.3) is 0 Å². The quantitative estimate of drug-likeness (QED) is 0.355. The number of hydrogen-bond donors (Lipinski definition) is 3. The molecule has 7 heteroatoms. The molecule has 4 N–H and O–H groups in total. The van der Waals surface area contributed by atoms with Gasteiger partial charge in [-0.05, 0) is 80.5 Å². The van der Waals surface area contributed by atoms with E-state index in [0.717, 1.165) is 31.1 Å². The third-order valence-electron chi connectivity index (χ3n) is 6.24. The molecule has 1 aromatic heterocycles. The molecule has 0 amide bonds. The number of aryl methyl sites for hydroxylation is 1. The molecule has 1 aromatic carbocycles. The molecule has 0 aliphatic heterocycles. The summed E-state index contributed by atoms with van der Waals surface area (Å²) in [5, 5.41) is 0.